The lowest BCUT2D eigenvalue weighted by Crippen LogP contribution is -2.48. The molecule has 21 heavy (non-hydrogen) atoms. The number of carbonyl (C=O) groups is 1. The van der Waals surface area contributed by atoms with Gasteiger partial charge in [0.2, 0.25) is 5.91 Å². The van der Waals surface area contributed by atoms with Gasteiger partial charge in [-0.05, 0) is 6.42 Å². The van der Waals surface area contributed by atoms with Crippen LogP contribution in [0, 0.1) is 0 Å². The molecule has 7 nitrogen and oxygen atoms in total. The number of unbranched alkanes of at least 4 members (excludes halogenated alkanes) is 2. The molecule has 0 aliphatic carbocycles. The van der Waals surface area contributed by atoms with Crippen LogP contribution in [0.2, 0.25) is 0 Å². The quantitative estimate of drug-likeness (QED) is 0.661. The Kier molecular flexibility index (Phi) is 6.62. The highest BCUT2D eigenvalue weighted by molar-refractivity contribution is 5.77. The van der Waals surface area contributed by atoms with Gasteiger partial charge in [-0.2, -0.15) is 0 Å². The van der Waals surface area contributed by atoms with E-state index in [1.165, 1.54) is 0 Å². The summed E-state index contributed by atoms with van der Waals surface area (Å²) >= 11 is 0. The van der Waals surface area contributed by atoms with Crippen molar-refractivity contribution in [2.75, 3.05) is 32.9 Å². The van der Waals surface area contributed by atoms with E-state index >= 15 is 0 Å². The number of ether oxygens (including phenoxy) is 2. The van der Waals surface area contributed by atoms with Gasteiger partial charge in [-0.3, -0.25) is 4.79 Å². The lowest BCUT2D eigenvalue weighted by atomic mass is 10.2. The summed E-state index contributed by atoms with van der Waals surface area (Å²) in [7, 11) is 0. The van der Waals surface area contributed by atoms with E-state index < -0.39 is 0 Å². The maximum Gasteiger partial charge on any atom is 0.248 e. The topological polar surface area (TPSA) is 69.5 Å². The molecule has 0 radical (unpaired) electrons. The Morgan fingerprint density at radius 2 is 2.38 bits per heavy atom. The summed E-state index contributed by atoms with van der Waals surface area (Å²) in [4.78, 5) is 13.9. The predicted molar refractivity (Wildman–Crippen MR) is 76.7 cm³/mol. The fourth-order valence-electron chi connectivity index (χ4n) is 2.30. The van der Waals surface area contributed by atoms with Crippen LogP contribution in [-0.4, -0.2) is 64.8 Å². The molecule has 7 heteroatoms. The first-order chi connectivity index (χ1) is 10.3. The van der Waals surface area contributed by atoms with Gasteiger partial charge >= 0.3 is 0 Å². The molecule has 1 saturated heterocycles. The minimum atomic E-state index is -0.0375. The third-order valence-electron chi connectivity index (χ3n) is 3.47. The van der Waals surface area contributed by atoms with E-state index in [4.69, 9.17) is 9.47 Å². The van der Waals surface area contributed by atoms with Crippen molar-refractivity contribution in [1.29, 1.82) is 0 Å². The van der Waals surface area contributed by atoms with E-state index in [-0.39, 0.29) is 18.6 Å². The summed E-state index contributed by atoms with van der Waals surface area (Å²) < 4.78 is 12.8. The summed E-state index contributed by atoms with van der Waals surface area (Å²) in [5.41, 5.74) is 0. The maximum absolute atomic E-state index is 12.1. The normalized spacial score (nSPS) is 18.9. The van der Waals surface area contributed by atoms with E-state index in [9.17, 15) is 4.79 Å². The van der Waals surface area contributed by atoms with Gasteiger partial charge in [-0.25, -0.2) is 4.68 Å². The van der Waals surface area contributed by atoms with Crippen molar-refractivity contribution < 1.29 is 14.3 Å². The fraction of sp³-hybridized carbons (Fsp3) is 0.786. The average molecular weight is 296 g/mol. The van der Waals surface area contributed by atoms with Crippen molar-refractivity contribution in [2.45, 2.75) is 38.8 Å². The minimum Gasteiger partial charge on any atom is -0.373 e. The van der Waals surface area contributed by atoms with Gasteiger partial charge < -0.3 is 14.4 Å². The first-order valence-electron chi connectivity index (χ1n) is 7.61. The zero-order valence-corrected chi connectivity index (χ0v) is 12.6. The zero-order chi connectivity index (χ0) is 14.9. The molecule has 0 aromatic carbocycles. The van der Waals surface area contributed by atoms with Gasteiger partial charge in [0, 0.05) is 25.9 Å². The molecule has 0 N–H and O–H groups in total. The Morgan fingerprint density at radius 3 is 3.14 bits per heavy atom. The van der Waals surface area contributed by atoms with Crippen molar-refractivity contribution in [2.24, 2.45) is 0 Å². The van der Waals surface area contributed by atoms with Gasteiger partial charge in [0.15, 0.2) is 0 Å². The number of amides is 1. The monoisotopic (exact) mass is 296 g/mol. The number of rotatable bonds is 8. The largest absolute Gasteiger partial charge is 0.373 e. The second kappa shape index (κ2) is 8.74. The predicted octanol–water partition coefficient (Wildman–Crippen LogP) is 0.712. The third kappa shape index (κ3) is 5.43. The van der Waals surface area contributed by atoms with Crippen molar-refractivity contribution in [3.63, 3.8) is 0 Å². The SMILES string of the molecule is CCCCCOCC(=O)N1CCOC(Cn2ccnn2)C1. The van der Waals surface area contributed by atoms with Crippen LogP contribution < -0.4 is 0 Å². The lowest BCUT2D eigenvalue weighted by Gasteiger charge is -2.32. The van der Waals surface area contributed by atoms with Crippen molar-refractivity contribution >= 4 is 5.91 Å². The van der Waals surface area contributed by atoms with Crippen molar-refractivity contribution in [3.8, 4) is 0 Å². The third-order valence-corrected chi connectivity index (χ3v) is 3.47. The van der Waals surface area contributed by atoms with E-state index in [0.717, 1.165) is 19.3 Å². The molecule has 1 atom stereocenters. The zero-order valence-electron chi connectivity index (χ0n) is 12.6. The summed E-state index contributed by atoms with van der Waals surface area (Å²) in [5, 5.41) is 7.68. The molecule has 118 valence electrons. The van der Waals surface area contributed by atoms with E-state index in [0.29, 0.717) is 32.8 Å². The number of morpholine rings is 1. The van der Waals surface area contributed by atoms with Gasteiger partial charge in [0.25, 0.3) is 0 Å². The summed E-state index contributed by atoms with van der Waals surface area (Å²) in [6.07, 6.45) is 6.71. The Bertz CT molecular complexity index is 410. The molecule has 1 fully saturated rings. The Labute approximate surface area is 125 Å². The number of hydrogen-bond donors (Lipinski definition) is 0. The fourth-order valence-corrected chi connectivity index (χ4v) is 2.30. The first kappa shape index (κ1) is 15.9. The van der Waals surface area contributed by atoms with Gasteiger partial charge in [0.05, 0.1) is 25.5 Å². The number of carbonyl (C=O) groups excluding carboxylic acids is 1. The summed E-state index contributed by atoms with van der Waals surface area (Å²) in [6.45, 7) is 5.35. The van der Waals surface area contributed by atoms with Gasteiger partial charge in [0.1, 0.15) is 6.61 Å². The number of aromatic nitrogens is 3. The highest BCUT2D eigenvalue weighted by Gasteiger charge is 2.24. The van der Waals surface area contributed by atoms with E-state index in [1.807, 2.05) is 4.90 Å². The molecule has 1 aliphatic heterocycles. The van der Waals surface area contributed by atoms with Crippen LogP contribution in [0.25, 0.3) is 0 Å². The van der Waals surface area contributed by atoms with Crippen molar-refractivity contribution in [3.05, 3.63) is 12.4 Å². The molecule has 1 unspecified atom stereocenters. The molecular weight excluding hydrogens is 272 g/mol. The molecular formula is C14H24N4O3. The Balaban J connectivity index is 1.68. The van der Waals surface area contributed by atoms with Crippen LogP contribution in [0.1, 0.15) is 26.2 Å². The highest BCUT2D eigenvalue weighted by atomic mass is 16.5. The highest BCUT2D eigenvalue weighted by Crippen LogP contribution is 2.08. The summed E-state index contributed by atoms with van der Waals surface area (Å²) in [6, 6.07) is 0. The van der Waals surface area contributed by atoms with Crippen LogP contribution in [0.3, 0.4) is 0 Å². The lowest BCUT2D eigenvalue weighted by molar-refractivity contribution is -0.144. The first-order valence-corrected chi connectivity index (χ1v) is 7.61. The van der Waals surface area contributed by atoms with E-state index in [2.05, 4.69) is 17.2 Å². The maximum atomic E-state index is 12.1. The van der Waals surface area contributed by atoms with Gasteiger partial charge in [-0.15, -0.1) is 5.10 Å². The average Bonchev–Trinajstić information content (AvgIpc) is 3.00. The molecule has 1 amide bonds. The van der Waals surface area contributed by atoms with Crippen LogP contribution in [0.4, 0.5) is 0 Å². The molecule has 1 aromatic rings. The molecule has 0 saturated carbocycles. The number of hydrogen-bond acceptors (Lipinski definition) is 5. The second-order valence-corrected chi connectivity index (χ2v) is 5.22. The Morgan fingerprint density at radius 1 is 1.48 bits per heavy atom. The molecule has 2 rings (SSSR count). The minimum absolute atomic E-state index is 0.0375. The molecule has 0 spiro atoms. The Hall–Kier alpha value is -1.47. The van der Waals surface area contributed by atoms with Crippen molar-refractivity contribution in [1.82, 2.24) is 19.9 Å². The van der Waals surface area contributed by atoms with Crippen LogP contribution in [-0.2, 0) is 20.8 Å². The summed E-state index contributed by atoms with van der Waals surface area (Å²) in [5.74, 6) is 0.0402. The standard InChI is InChI=1S/C14H24N4O3/c1-2-3-4-8-20-12-14(19)17-7-9-21-13(10-17)11-18-6-5-15-16-18/h5-6,13H,2-4,7-12H2,1H3. The van der Waals surface area contributed by atoms with Crippen LogP contribution >= 0.6 is 0 Å². The molecule has 0 bridgehead atoms. The van der Waals surface area contributed by atoms with E-state index in [1.54, 1.807) is 17.1 Å². The molecule has 2 heterocycles. The molecule has 1 aliphatic rings. The van der Waals surface area contributed by atoms with Crippen LogP contribution in [0.5, 0.6) is 0 Å². The smallest absolute Gasteiger partial charge is 0.248 e. The van der Waals surface area contributed by atoms with Gasteiger partial charge in [-0.1, -0.05) is 25.0 Å². The number of nitrogens with zero attached hydrogens (tertiary/aromatic N) is 4. The second-order valence-electron chi connectivity index (χ2n) is 5.22. The molecule has 1 aromatic heterocycles. The van der Waals surface area contributed by atoms with Crippen LogP contribution in [0.15, 0.2) is 12.4 Å².